The first-order valence-corrected chi connectivity index (χ1v) is 5.74. The molecule has 4 heteroatoms. The van der Waals surface area contributed by atoms with Crippen molar-refractivity contribution in [2.24, 2.45) is 0 Å². The van der Waals surface area contributed by atoms with Gasteiger partial charge in [-0.3, -0.25) is 4.79 Å². The molecular weight excluding hydrogens is 221 g/mol. The van der Waals surface area contributed by atoms with Crippen LogP contribution >= 0.6 is 0 Å². The van der Waals surface area contributed by atoms with Gasteiger partial charge in [-0.1, -0.05) is 12.1 Å². The maximum Gasteiger partial charge on any atom is 0.306 e. The number of methoxy groups -OCH3 is 1. The van der Waals surface area contributed by atoms with E-state index in [0.717, 1.165) is 24.9 Å². The number of rotatable bonds is 7. The van der Waals surface area contributed by atoms with E-state index in [2.05, 4.69) is 10.1 Å². The number of hydrogen-bond acceptors (Lipinski definition) is 3. The van der Waals surface area contributed by atoms with Crippen LogP contribution in [0, 0.1) is 5.82 Å². The number of ether oxygens (including phenoxy) is 1. The number of hydrogen-bond donors (Lipinski definition) is 1. The Labute approximate surface area is 101 Å². The van der Waals surface area contributed by atoms with Crippen molar-refractivity contribution in [2.45, 2.75) is 19.3 Å². The van der Waals surface area contributed by atoms with Crippen LogP contribution in [0.4, 0.5) is 4.39 Å². The minimum absolute atomic E-state index is 0.198. The standard InChI is InChI=1S/C13H18FNO2/c1-17-13(16)8-10-15-9-2-3-11-4-6-12(14)7-5-11/h4-7,15H,2-3,8-10H2,1H3. The summed E-state index contributed by atoms with van der Waals surface area (Å²) in [6.45, 7) is 1.48. The highest BCUT2D eigenvalue weighted by Crippen LogP contribution is 2.04. The van der Waals surface area contributed by atoms with Gasteiger partial charge in [-0.15, -0.1) is 0 Å². The highest BCUT2D eigenvalue weighted by Gasteiger charge is 1.98. The molecule has 0 saturated heterocycles. The van der Waals surface area contributed by atoms with Gasteiger partial charge < -0.3 is 10.1 Å². The zero-order valence-electron chi connectivity index (χ0n) is 10.0. The van der Waals surface area contributed by atoms with Crippen LogP contribution in [-0.2, 0) is 16.0 Å². The third-order valence-electron chi connectivity index (χ3n) is 2.47. The van der Waals surface area contributed by atoms with Crippen LogP contribution in [0.2, 0.25) is 0 Å². The molecule has 0 unspecified atom stereocenters. The number of nitrogens with one attached hydrogen (secondary N) is 1. The first-order valence-electron chi connectivity index (χ1n) is 5.74. The molecule has 94 valence electrons. The molecule has 0 bridgehead atoms. The summed E-state index contributed by atoms with van der Waals surface area (Å²) >= 11 is 0. The molecule has 0 saturated carbocycles. The molecule has 0 aromatic heterocycles. The molecule has 0 aliphatic heterocycles. The lowest BCUT2D eigenvalue weighted by molar-refractivity contribution is -0.140. The topological polar surface area (TPSA) is 38.3 Å². The van der Waals surface area contributed by atoms with Crippen molar-refractivity contribution in [3.8, 4) is 0 Å². The van der Waals surface area contributed by atoms with E-state index in [1.54, 1.807) is 12.1 Å². The van der Waals surface area contributed by atoms with Crippen LogP contribution < -0.4 is 5.32 Å². The van der Waals surface area contributed by atoms with E-state index in [0.29, 0.717) is 13.0 Å². The summed E-state index contributed by atoms with van der Waals surface area (Å²) in [4.78, 5) is 10.8. The van der Waals surface area contributed by atoms with Crippen molar-refractivity contribution < 1.29 is 13.9 Å². The van der Waals surface area contributed by atoms with Crippen molar-refractivity contribution in [3.05, 3.63) is 35.6 Å². The molecule has 0 radical (unpaired) electrons. The Morgan fingerprint density at radius 2 is 2.00 bits per heavy atom. The third-order valence-corrected chi connectivity index (χ3v) is 2.47. The number of carbonyl (C=O) groups excluding carboxylic acids is 1. The van der Waals surface area contributed by atoms with E-state index < -0.39 is 0 Å². The van der Waals surface area contributed by atoms with E-state index in [1.165, 1.54) is 19.2 Å². The predicted octanol–water partition coefficient (Wildman–Crippen LogP) is 1.91. The van der Waals surface area contributed by atoms with Gasteiger partial charge in [0.2, 0.25) is 0 Å². The SMILES string of the molecule is COC(=O)CCNCCCc1ccc(F)cc1. The summed E-state index contributed by atoms with van der Waals surface area (Å²) < 4.78 is 17.2. The molecular formula is C13H18FNO2. The molecule has 17 heavy (non-hydrogen) atoms. The summed E-state index contributed by atoms with van der Waals surface area (Å²) in [7, 11) is 1.39. The third kappa shape index (κ3) is 6.02. The second-order valence-corrected chi connectivity index (χ2v) is 3.81. The zero-order chi connectivity index (χ0) is 12.5. The van der Waals surface area contributed by atoms with E-state index in [4.69, 9.17) is 0 Å². The first kappa shape index (κ1) is 13.6. The lowest BCUT2D eigenvalue weighted by Crippen LogP contribution is -2.20. The van der Waals surface area contributed by atoms with Gasteiger partial charge in [0.05, 0.1) is 13.5 Å². The average molecular weight is 239 g/mol. The fourth-order valence-electron chi connectivity index (χ4n) is 1.49. The maximum absolute atomic E-state index is 12.6. The van der Waals surface area contributed by atoms with E-state index in [-0.39, 0.29) is 11.8 Å². The van der Waals surface area contributed by atoms with E-state index in [9.17, 15) is 9.18 Å². The highest BCUT2D eigenvalue weighted by atomic mass is 19.1. The van der Waals surface area contributed by atoms with Gasteiger partial charge in [0.15, 0.2) is 0 Å². The van der Waals surface area contributed by atoms with E-state index in [1.807, 2.05) is 0 Å². The largest absolute Gasteiger partial charge is 0.469 e. The number of esters is 1. The summed E-state index contributed by atoms with van der Waals surface area (Å²) in [6, 6.07) is 6.54. The molecule has 1 aromatic rings. The second kappa shape index (κ2) is 7.79. The Balaban J connectivity index is 2.04. The molecule has 1 aromatic carbocycles. The average Bonchev–Trinajstić information content (AvgIpc) is 2.35. The molecule has 3 nitrogen and oxygen atoms in total. The summed E-state index contributed by atoms with van der Waals surface area (Å²) in [6.07, 6.45) is 2.27. The molecule has 1 rings (SSSR count). The lowest BCUT2D eigenvalue weighted by atomic mass is 10.1. The van der Waals surface area contributed by atoms with Gasteiger partial charge in [0.1, 0.15) is 5.82 Å². The first-order chi connectivity index (χ1) is 8.22. The quantitative estimate of drug-likeness (QED) is 0.583. The number of aryl methyl sites for hydroxylation is 1. The Morgan fingerprint density at radius 3 is 2.65 bits per heavy atom. The van der Waals surface area contributed by atoms with Crippen LogP contribution in [0.1, 0.15) is 18.4 Å². The Morgan fingerprint density at radius 1 is 1.29 bits per heavy atom. The highest BCUT2D eigenvalue weighted by molar-refractivity contribution is 5.69. The maximum atomic E-state index is 12.6. The fourth-order valence-corrected chi connectivity index (χ4v) is 1.49. The van der Waals surface area contributed by atoms with Gasteiger partial charge in [0.25, 0.3) is 0 Å². The van der Waals surface area contributed by atoms with Gasteiger partial charge in [-0.25, -0.2) is 4.39 Å². The summed E-state index contributed by atoms with van der Waals surface area (Å²) in [5, 5.41) is 3.16. The lowest BCUT2D eigenvalue weighted by Gasteiger charge is -2.04. The predicted molar refractivity (Wildman–Crippen MR) is 64.2 cm³/mol. The van der Waals surface area contributed by atoms with Crippen LogP contribution in [0.15, 0.2) is 24.3 Å². The van der Waals surface area contributed by atoms with Gasteiger partial charge >= 0.3 is 5.97 Å². The van der Waals surface area contributed by atoms with Crippen molar-refractivity contribution in [2.75, 3.05) is 20.2 Å². The van der Waals surface area contributed by atoms with Crippen molar-refractivity contribution in [3.63, 3.8) is 0 Å². The van der Waals surface area contributed by atoms with Crippen molar-refractivity contribution in [1.29, 1.82) is 0 Å². The summed E-state index contributed by atoms with van der Waals surface area (Å²) in [5.74, 6) is -0.402. The van der Waals surface area contributed by atoms with Gasteiger partial charge in [-0.05, 0) is 37.1 Å². The van der Waals surface area contributed by atoms with Crippen LogP contribution in [0.5, 0.6) is 0 Å². The van der Waals surface area contributed by atoms with Crippen LogP contribution in [-0.4, -0.2) is 26.2 Å². The molecule has 0 spiro atoms. The molecule has 0 fully saturated rings. The molecule has 0 amide bonds. The zero-order valence-corrected chi connectivity index (χ0v) is 10.0. The molecule has 0 atom stereocenters. The monoisotopic (exact) mass is 239 g/mol. The van der Waals surface area contributed by atoms with Crippen molar-refractivity contribution >= 4 is 5.97 Å². The molecule has 0 heterocycles. The smallest absolute Gasteiger partial charge is 0.306 e. The van der Waals surface area contributed by atoms with Crippen LogP contribution in [0.3, 0.4) is 0 Å². The normalized spacial score (nSPS) is 10.2. The second-order valence-electron chi connectivity index (χ2n) is 3.81. The van der Waals surface area contributed by atoms with E-state index >= 15 is 0 Å². The fraction of sp³-hybridized carbons (Fsp3) is 0.462. The Hall–Kier alpha value is -1.42. The van der Waals surface area contributed by atoms with Gasteiger partial charge in [-0.2, -0.15) is 0 Å². The van der Waals surface area contributed by atoms with Crippen molar-refractivity contribution in [1.82, 2.24) is 5.32 Å². The van der Waals surface area contributed by atoms with Crippen LogP contribution in [0.25, 0.3) is 0 Å². The Bertz CT molecular complexity index is 338. The molecule has 0 aliphatic rings. The molecule has 1 N–H and O–H groups in total. The van der Waals surface area contributed by atoms with Gasteiger partial charge in [0, 0.05) is 6.54 Å². The minimum Gasteiger partial charge on any atom is -0.469 e. The number of benzene rings is 1. The minimum atomic E-state index is -0.204. The molecule has 0 aliphatic carbocycles. The number of halogens is 1. The Kier molecular flexibility index (Phi) is 6.25. The number of carbonyl (C=O) groups is 1. The summed E-state index contributed by atoms with van der Waals surface area (Å²) in [5.41, 5.74) is 1.13.